The summed E-state index contributed by atoms with van der Waals surface area (Å²) < 4.78 is 32.6. The fourth-order valence-corrected chi connectivity index (χ4v) is 5.43. The molecule has 1 aromatic carbocycles. The van der Waals surface area contributed by atoms with E-state index >= 15 is 0 Å². The van der Waals surface area contributed by atoms with Crippen LogP contribution in [0.2, 0.25) is 0 Å². The second-order valence-electron chi connectivity index (χ2n) is 6.82. The predicted octanol–water partition coefficient (Wildman–Crippen LogP) is 1.56. The van der Waals surface area contributed by atoms with Gasteiger partial charge in [-0.25, -0.2) is 13.2 Å². The number of sulfonamides is 1. The third-order valence-corrected chi connectivity index (χ3v) is 7.03. The number of fused-ring (bicyclic) bond motifs is 1. The van der Waals surface area contributed by atoms with E-state index in [1.165, 1.54) is 12.1 Å². The van der Waals surface area contributed by atoms with Crippen LogP contribution in [0.15, 0.2) is 44.4 Å². The Kier molecular flexibility index (Phi) is 3.74. The zero-order valence-electron chi connectivity index (χ0n) is 13.3. The molecule has 7 heteroatoms. The van der Waals surface area contributed by atoms with Crippen molar-refractivity contribution in [3.05, 3.63) is 40.8 Å². The van der Waals surface area contributed by atoms with Gasteiger partial charge in [-0.3, -0.25) is 0 Å². The summed E-state index contributed by atoms with van der Waals surface area (Å²) in [6.45, 7) is 3.04. The SMILES string of the molecule is O=c1ccc2cc(S(=O)(=O)N3CCC4(CCCNC4)C3)ccc2o1. The summed E-state index contributed by atoms with van der Waals surface area (Å²) in [5.41, 5.74) is 0.0369. The highest BCUT2D eigenvalue weighted by Gasteiger charge is 2.43. The van der Waals surface area contributed by atoms with Crippen LogP contribution < -0.4 is 10.9 Å². The molecule has 0 saturated carbocycles. The zero-order chi connectivity index (χ0) is 16.8. The van der Waals surface area contributed by atoms with E-state index in [1.54, 1.807) is 22.5 Å². The van der Waals surface area contributed by atoms with Crippen molar-refractivity contribution in [1.82, 2.24) is 9.62 Å². The third-order valence-electron chi connectivity index (χ3n) is 5.19. The van der Waals surface area contributed by atoms with E-state index in [0.29, 0.717) is 24.1 Å². The molecule has 4 rings (SSSR count). The van der Waals surface area contributed by atoms with Gasteiger partial charge in [-0.15, -0.1) is 0 Å². The minimum atomic E-state index is -3.53. The van der Waals surface area contributed by atoms with E-state index in [9.17, 15) is 13.2 Å². The summed E-state index contributed by atoms with van der Waals surface area (Å²) in [6.07, 6.45) is 3.08. The highest BCUT2D eigenvalue weighted by atomic mass is 32.2. The molecule has 2 aliphatic rings. The first-order chi connectivity index (χ1) is 11.5. The van der Waals surface area contributed by atoms with Crippen LogP contribution in [0.5, 0.6) is 0 Å². The topological polar surface area (TPSA) is 79.6 Å². The Morgan fingerprint density at radius 2 is 2.04 bits per heavy atom. The average Bonchev–Trinajstić information content (AvgIpc) is 2.99. The lowest BCUT2D eigenvalue weighted by atomic mass is 9.80. The number of benzene rings is 1. The average molecular weight is 348 g/mol. The standard InChI is InChI=1S/C17H20N2O4S/c20-16-5-2-13-10-14(3-4-15(13)23-16)24(21,22)19-9-7-17(12-19)6-1-8-18-11-17/h2-5,10,18H,1,6-9,11-12H2. The van der Waals surface area contributed by atoms with Crippen molar-refractivity contribution in [2.45, 2.75) is 24.2 Å². The number of hydrogen-bond acceptors (Lipinski definition) is 5. The van der Waals surface area contributed by atoms with Crippen LogP contribution in [-0.4, -0.2) is 38.9 Å². The fourth-order valence-electron chi connectivity index (χ4n) is 3.84. The molecule has 2 aliphatic heterocycles. The molecule has 1 atom stereocenters. The molecule has 6 nitrogen and oxygen atoms in total. The molecule has 128 valence electrons. The van der Waals surface area contributed by atoms with Gasteiger partial charge < -0.3 is 9.73 Å². The van der Waals surface area contributed by atoms with Gasteiger partial charge in [0.2, 0.25) is 10.0 Å². The van der Waals surface area contributed by atoms with Crippen LogP contribution in [0, 0.1) is 5.41 Å². The van der Waals surface area contributed by atoms with E-state index in [-0.39, 0.29) is 10.3 Å². The first-order valence-corrected chi connectivity index (χ1v) is 9.67. The van der Waals surface area contributed by atoms with Crippen molar-refractivity contribution in [1.29, 1.82) is 0 Å². The van der Waals surface area contributed by atoms with E-state index in [2.05, 4.69) is 5.32 Å². The fraction of sp³-hybridized carbons (Fsp3) is 0.471. The minimum Gasteiger partial charge on any atom is -0.423 e. The number of nitrogens with one attached hydrogen (secondary N) is 1. The summed E-state index contributed by atoms with van der Waals surface area (Å²) in [4.78, 5) is 11.5. The lowest BCUT2D eigenvalue weighted by Gasteiger charge is -2.33. The summed E-state index contributed by atoms with van der Waals surface area (Å²) in [7, 11) is -3.53. The number of hydrogen-bond donors (Lipinski definition) is 1. The van der Waals surface area contributed by atoms with Gasteiger partial charge >= 0.3 is 5.63 Å². The molecule has 2 saturated heterocycles. The lowest BCUT2D eigenvalue weighted by molar-refractivity contribution is 0.225. The number of piperidine rings is 1. The van der Waals surface area contributed by atoms with Crippen molar-refractivity contribution in [3.63, 3.8) is 0 Å². The second-order valence-corrected chi connectivity index (χ2v) is 8.76. The van der Waals surface area contributed by atoms with Crippen molar-refractivity contribution >= 4 is 21.0 Å². The minimum absolute atomic E-state index is 0.0783. The monoisotopic (exact) mass is 348 g/mol. The Balaban J connectivity index is 1.65. The summed E-state index contributed by atoms with van der Waals surface area (Å²) in [5, 5.41) is 4.01. The molecular weight excluding hydrogens is 328 g/mol. The van der Waals surface area contributed by atoms with E-state index in [1.807, 2.05) is 0 Å². The largest absolute Gasteiger partial charge is 0.423 e. The molecule has 0 bridgehead atoms. The molecule has 0 radical (unpaired) electrons. The highest BCUT2D eigenvalue weighted by Crippen LogP contribution is 2.38. The Labute approximate surface area is 140 Å². The van der Waals surface area contributed by atoms with E-state index in [0.717, 1.165) is 32.4 Å². The van der Waals surface area contributed by atoms with Crippen LogP contribution in [0.25, 0.3) is 11.0 Å². The van der Waals surface area contributed by atoms with Gasteiger partial charge in [0, 0.05) is 31.1 Å². The maximum absolute atomic E-state index is 13.0. The maximum Gasteiger partial charge on any atom is 0.336 e. The van der Waals surface area contributed by atoms with Crippen molar-refractivity contribution in [2.75, 3.05) is 26.2 Å². The Bertz CT molecular complexity index is 929. The van der Waals surface area contributed by atoms with Gasteiger partial charge in [-0.05, 0) is 55.5 Å². The van der Waals surface area contributed by atoms with Gasteiger partial charge in [0.15, 0.2) is 0 Å². The van der Waals surface area contributed by atoms with Crippen LogP contribution >= 0.6 is 0 Å². The molecule has 24 heavy (non-hydrogen) atoms. The van der Waals surface area contributed by atoms with Gasteiger partial charge in [-0.1, -0.05) is 0 Å². The van der Waals surface area contributed by atoms with Crippen molar-refractivity contribution in [2.24, 2.45) is 5.41 Å². The first kappa shape index (κ1) is 15.8. The summed E-state index contributed by atoms with van der Waals surface area (Å²) in [6, 6.07) is 7.55. The molecule has 0 aliphatic carbocycles. The number of rotatable bonds is 2. The Hall–Kier alpha value is -1.70. The van der Waals surface area contributed by atoms with Crippen molar-refractivity contribution < 1.29 is 12.8 Å². The summed E-state index contributed by atoms with van der Waals surface area (Å²) in [5.74, 6) is 0. The molecule has 1 unspecified atom stereocenters. The first-order valence-electron chi connectivity index (χ1n) is 8.23. The van der Waals surface area contributed by atoms with Crippen LogP contribution in [0.1, 0.15) is 19.3 Å². The van der Waals surface area contributed by atoms with Gasteiger partial charge in [0.25, 0.3) is 0 Å². The molecule has 1 aromatic heterocycles. The molecule has 2 aromatic rings. The molecule has 3 heterocycles. The van der Waals surface area contributed by atoms with Crippen LogP contribution in [-0.2, 0) is 10.0 Å². The van der Waals surface area contributed by atoms with Gasteiger partial charge in [-0.2, -0.15) is 4.31 Å². The van der Waals surface area contributed by atoms with E-state index < -0.39 is 15.6 Å². The third kappa shape index (κ3) is 2.66. The van der Waals surface area contributed by atoms with Gasteiger partial charge in [0.05, 0.1) is 4.90 Å². The quantitative estimate of drug-likeness (QED) is 0.833. The van der Waals surface area contributed by atoms with Crippen LogP contribution in [0.3, 0.4) is 0 Å². The predicted molar refractivity (Wildman–Crippen MR) is 90.4 cm³/mol. The maximum atomic E-state index is 13.0. The highest BCUT2D eigenvalue weighted by molar-refractivity contribution is 7.89. The molecule has 2 fully saturated rings. The number of nitrogens with zero attached hydrogens (tertiary/aromatic N) is 1. The van der Waals surface area contributed by atoms with Gasteiger partial charge in [0.1, 0.15) is 5.58 Å². The van der Waals surface area contributed by atoms with Crippen molar-refractivity contribution in [3.8, 4) is 0 Å². The molecule has 1 spiro atoms. The molecule has 1 N–H and O–H groups in total. The zero-order valence-corrected chi connectivity index (χ0v) is 14.1. The molecule has 0 amide bonds. The van der Waals surface area contributed by atoms with Crippen LogP contribution in [0.4, 0.5) is 0 Å². The van der Waals surface area contributed by atoms with E-state index in [4.69, 9.17) is 4.42 Å². The molecular formula is C17H20N2O4S. The Morgan fingerprint density at radius 3 is 2.83 bits per heavy atom. The normalized spacial score (nSPS) is 25.5. The Morgan fingerprint density at radius 1 is 1.17 bits per heavy atom. The second kappa shape index (κ2) is 5.68. The smallest absolute Gasteiger partial charge is 0.336 e. The summed E-state index contributed by atoms with van der Waals surface area (Å²) >= 11 is 0. The lowest BCUT2D eigenvalue weighted by Crippen LogP contribution is -2.42.